The van der Waals surface area contributed by atoms with Gasteiger partial charge in [0.1, 0.15) is 0 Å². The van der Waals surface area contributed by atoms with Gasteiger partial charge in [-0.25, -0.2) is 0 Å². The molecule has 0 saturated heterocycles. The predicted octanol–water partition coefficient (Wildman–Crippen LogP) is 2.35. The summed E-state index contributed by atoms with van der Waals surface area (Å²) in [4.78, 5) is 2.89. The molecule has 0 spiro atoms. The summed E-state index contributed by atoms with van der Waals surface area (Å²) in [6.45, 7) is 9.25. The molecule has 1 heterocycles. The Morgan fingerprint density at radius 3 is 2.83 bits per heavy atom. The first-order valence-electron chi connectivity index (χ1n) is 6.61. The zero-order chi connectivity index (χ0) is 13.5. The van der Waals surface area contributed by atoms with Crippen molar-refractivity contribution in [1.82, 2.24) is 14.7 Å². The van der Waals surface area contributed by atoms with Gasteiger partial charge in [-0.2, -0.15) is 5.10 Å². The van der Waals surface area contributed by atoms with Gasteiger partial charge in [0.2, 0.25) is 0 Å². The lowest BCUT2D eigenvalue weighted by atomic mass is 10.3. The van der Waals surface area contributed by atoms with Crippen LogP contribution in [0.4, 0.5) is 0 Å². The van der Waals surface area contributed by atoms with Crippen LogP contribution < -0.4 is 5.73 Å². The van der Waals surface area contributed by atoms with Crippen LogP contribution >= 0.6 is 12.2 Å². The van der Waals surface area contributed by atoms with Gasteiger partial charge in [0.25, 0.3) is 0 Å². The second kappa shape index (κ2) is 7.48. The highest BCUT2D eigenvalue weighted by molar-refractivity contribution is 7.80. The fourth-order valence-electron chi connectivity index (χ4n) is 1.74. The van der Waals surface area contributed by atoms with Crippen molar-refractivity contribution < 1.29 is 0 Å². The molecule has 1 aromatic rings. The van der Waals surface area contributed by atoms with E-state index in [1.165, 1.54) is 0 Å². The minimum Gasteiger partial charge on any atom is -0.393 e. The topological polar surface area (TPSA) is 47.1 Å². The third kappa shape index (κ3) is 4.74. The quantitative estimate of drug-likeness (QED) is 0.735. The van der Waals surface area contributed by atoms with E-state index in [0.29, 0.717) is 11.0 Å². The highest BCUT2D eigenvalue weighted by Gasteiger charge is 2.08. The zero-order valence-corrected chi connectivity index (χ0v) is 12.4. The van der Waals surface area contributed by atoms with Gasteiger partial charge < -0.3 is 5.73 Å². The van der Waals surface area contributed by atoms with Crippen LogP contribution in [0.25, 0.3) is 0 Å². The van der Waals surface area contributed by atoms with Crippen LogP contribution in [0.2, 0.25) is 0 Å². The van der Waals surface area contributed by atoms with Crippen molar-refractivity contribution >= 4 is 17.2 Å². The Kier molecular flexibility index (Phi) is 6.29. The molecule has 0 aliphatic rings. The molecule has 1 atom stereocenters. The molecule has 18 heavy (non-hydrogen) atoms. The molecular formula is C13H24N4S. The van der Waals surface area contributed by atoms with E-state index in [4.69, 9.17) is 18.0 Å². The average Bonchev–Trinajstić information content (AvgIpc) is 2.81. The zero-order valence-electron chi connectivity index (χ0n) is 11.6. The Bertz CT molecular complexity index is 375. The smallest absolute Gasteiger partial charge is 0.0764 e. The van der Waals surface area contributed by atoms with Gasteiger partial charge in [0, 0.05) is 31.7 Å². The SMILES string of the molecule is CCC(C)n1ccc(CN(CC)CCC(N)=S)n1. The lowest BCUT2D eigenvalue weighted by Gasteiger charge is -2.18. The molecule has 0 bridgehead atoms. The number of nitrogens with zero attached hydrogens (tertiary/aromatic N) is 3. The normalized spacial score (nSPS) is 12.9. The summed E-state index contributed by atoms with van der Waals surface area (Å²) in [6.07, 6.45) is 3.93. The molecule has 0 fully saturated rings. The van der Waals surface area contributed by atoms with Crippen LogP contribution in [0.1, 0.15) is 45.3 Å². The first kappa shape index (κ1) is 15.1. The van der Waals surface area contributed by atoms with Gasteiger partial charge in [-0.1, -0.05) is 26.1 Å². The summed E-state index contributed by atoms with van der Waals surface area (Å²) in [5.74, 6) is 0. The molecule has 0 aliphatic carbocycles. The van der Waals surface area contributed by atoms with Crippen molar-refractivity contribution in [1.29, 1.82) is 0 Å². The van der Waals surface area contributed by atoms with E-state index in [-0.39, 0.29) is 0 Å². The van der Waals surface area contributed by atoms with E-state index in [2.05, 4.69) is 43.0 Å². The Morgan fingerprint density at radius 1 is 1.56 bits per heavy atom. The van der Waals surface area contributed by atoms with E-state index in [1.54, 1.807) is 0 Å². The van der Waals surface area contributed by atoms with E-state index in [0.717, 1.165) is 38.2 Å². The maximum absolute atomic E-state index is 5.54. The third-order valence-corrected chi connectivity index (χ3v) is 3.42. The molecule has 5 heteroatoms. The van der Waals surface area contributed by atoms with Crippen LogP contribution in [0.5, 0.6) is 0 Å². The Balaban J connectivity index is 2.53. The Morgan fingerprint density at radius 2 is 2.28 bits per heavy atom. The Labute approximate surface area is 115 Å². The van der Waals surface area contributed by atoms with Gasteiger partial charge in [-0.15, -0.1) is 0 Å². The Hall–Kier alpha value is -0.940. The van der Waals surface area contributed by atoms with Crippen LogP contribution in [-0.4, -0.2) is 32.8 Å². The molecule has 0 amide bonds. The van der Waals surface area contributed by atoms with Gasteiger partial charge in [0.15, 0.2) is 0 Å². The van der Waals surface area contributed by atoms with Crippen molar-refractivity contribution in [3.8, 4) is 0 Å². The predicted molar refractivity (Wildman–Crippen MR) is 79.6 cm³/mol. The second-order valence-electron chi connectivity index (χ2n) is 4.63. The van der Waals surface area contributed by atoms with E-state index < -0.39 is 0 Å². The van der Waals surface area contributed by atoms with E-state index >= 15 is 0 Å². The largest absolute Gasteiger partial charge is 0.393 e. The molecule has 0 saturated carbocycles. The summed E-state index contributed by atoms with van der Waals surface area (Å²) < 4.78 is 2.04. The molecule has 102 valence electrons. The second-order valence-corrected chi connectivity index (χ2v) is 5.15. The van der Waals surface area contributed by atoms with Crippen LogP contribution in [0.3, 0.4) is 0 Å². The first-order valence-corrected chi connectivity index (χ1v) is 7.02. The molecule has 1 unspecified atom stereocenters. The molecule has 0 aliphatic heterocycles. The minimum absolute atomic E-state index is 0.463. The summed E-state index contributed by atoms with van der Waals surface area (Å²) >= 11 is 4.91. The number of hydrogen-bond donors (Lipinski definition) is 1. The minimum atomic E-state index is 0.463. The fraction of sp³-hybridized carbons (Fsp3) is 0.692. The summed E-state index contributed by atoms with van der Waals surface area (Å²) in [6, 6.07) is 2.56. The maximum Gasteiger partial charge on any atom is 0.0764 e. The third-order valence-electron chi connectivity index (χ3n) is 3.21. The number of hydrogen-bond acceptors (Lipinski definition) is 3. The molecule has 0 radical (unpaired) electrons. The number of nitrogens with two attached hydrogens (primary N) is 1. The van der Waals surface area contributed by atoms with Crippen molar-refractivity contribution in [2.75, 3.05) is 13.1 Å². The molecule has 4 nitrogen and oxygen atoms in total. The van der Waals surface area contributed by atoms with Crippen molar-refractivity contribution in [2.24, 2.45) is 5.73 Å². The fourth-order valence-corrected chi connectivity index (χ4v) is 1.83. The molecule has 1 rings (SSSR count). The molecular weight excluding hydrogens is 244 g/mol. The van der Waals surface area contributed by atoms with E-state index in [9.17, 15) is 0 Å². The number of thiocarbonyl (C=S) groups is 1. The highest BCUT2D eigenvalue weighted by Crippen LogP contribution is 2.10. The average molecular weight is 268 g/mol. The van der Waals surface area contributed by atoms with Gasteiger partial charge in [-0.05, 0) is 26.0 Å². The van der Waals surface area contributed by atoms with Gasteiger partial charge in [-0.3, -0.25) is 9.58 Å². The monoisotopic (exact) mass is 268 g/mol. The summed E-state index contributed by atoms with van der Waals surface area (Å²) in [5.41, 5.74) is 6.65. The lowest BCUT2D eigenvalue weighted by Crippen LogP contribution is -2.27. The standard InChI is InChI=1S/C13H24N4S/c1-4-11(3)17-9-6-12(15-17)10-16(5-2)8-7-13(14)18/h6,9,11H,4-5,7-8,10H2,1-3H3,(H2,14,18). The van der Waals surface area contributed by atoms with Crippen LogP contribution in [0.15, 0.2) is 12.3 Å². The molecule has 2 N–H and O–H groups in total. The van der Waals surface area contributed by atoms with Gasteiger partial charge in [0.05, 0.1) is 10.7 Å². The van der Waals surface area contributed by atoms with Crippen LogP contribution in [-0.2, 0) is 6.54 Å². The highest BCUT2D eigenvalue weighted by atomic mass is 32.1. The number of aromatic nitrogens is 2. The number of rotatable bonds is 8. The van der Waals surface area contributed by atoms with E-state index in [1.807, 2.05) is 4.68 Å². The van der Waals surface area contributed by atoms with Gasteiger partial charge >= 0.3 is 0 Å². The van der Waals surface area contributed by atoms with Crippen molar-refractivity contribution in [3.63, 3.8) is 0 Å². The molecule has 0 aromatic carbocycles. The lowest BCUT2D eigenvalue weighted by molar-refractivity contribution is 0.283. The maximum atomic E-state index is 5.54. The van der Waals surface area contributed by atoms with Crippen LogP contribution in [0, 0.1) is 0 Å². The molecule has 1 aromatic heterocycles. The summed E-state index contributed by atoms with van der Waals surface area (Å²) in [5, 5.41) is 4.61. The van der Waals surface area contributed by atoms with Crippen molar-refractivity contribution in [3.05, 3.63) is 18.0 Å². The van der Waals surface area contributed by atoms with Crippen molar-refractivity contribution in [2.45, 2.75) is 46.2 Å². The first-order chi connectivity index (χ1) is 8.56. The summed E-state index contributed by atoms with van der Waals surface area (Å²) in [7, 11) is 0.